The molecule has 0 saturated carbocycles. The Bertz CT molecular complexity index is 797. The Labute approximate surface area is 136 Å². The Morgan fingerprint density at radius 2 is 1.55 bits per heavy atom. The summed E-state index contributed by atoms with van der Waals surface area (Å²) >= 11 is 11.6. The molecule has 0 bridgehead atoms. The summed E-state index contributed by atoms with van der Waals surface area (Å²) in [4.78, 5) is 13.4. The molecule has 0 radical (unpaired) electrons. The molecule has 0 saturated heterocycles. The second-order valence-corrected chi connectivity index (χ2v) is 5.45. The summed E-state index contributed by atoms with van der Waals surface area (Å²) in [6, 6.07) is 13.8. The van der Waals surface area contributed by atoms with Crippen LogP contribution in [0.2, 0.25) is 10.0 Å². The van der Waals surface area contributed by atoms with Crippen LogP contribution in [0, 0.1) is 0 Å². The minimum Gasteiger partial charge on any atom is -0.292 e. The third kappa shape index (κ3) is 3.32. The number of Topliss-reactive ketones (excluding diaryl/α,β-unsaturated/α-hetero) is 1. The first kappa shape index (κ1) is 14.7. The van der Waals surface area contributed by atoms with E-state index >= 15 is 0 Å². The fourth-order valence-electron chi connectivity index (χ4n) is 1.88. The highest BCUT2D eigenvalue weighted by Gasteiger charge is 2.11. The monoisotopic (exact) mass is 332 g/mol. The zero-order chi connectivity index (χ0) is 15.5. The highest BCUT2D eigenvalue weighted by molar-refractivity contribution is 6.30. The molecule has 0 amide bonds. The molecule has 0 aliphatic heterocycles. The van der Waals surface area contributed by atoms with Crippen LogP contribution < -0.4 is 0 Å². The van der Waals surface area contributed by atoms with E-state index in [2.05, 4.69) is 15.4 Å². The molecule has 22 heavy (non-hydrogen) atoms. The van der Waals surface area contributed by atoms with E-state index in [4.69, 9.17) is 23.2 Å². The number of halogens is 2. The highest BCUT2D eigenvalue weighted by atomic mass is 35.5. The second-order valence-electron chi connectivity index (χ2n) is 4.58. The molecule has 110 valence electrons. The predicted molar refractivity (Wildman–Crippen MR) is 84.0 cm³/mol. The maximum atomic E-state index is 12.1. The number of hydrogen-bond acceptors (Lipinski definition) is 4. The van der Waals surface area contributed by atoms with E-state index < -0.39 is 0 Å². The van der Waals surface area contributed by atoms with Crippen LogP contribution in [0.4, 0.5) is 0 Å². The van der Waals surface area contributed by atoms with Gasteiger partial charge in [0.05, 0.1) is 0 Å². The maximum absolute atomic E-state index is 12.1. The lowest BCUT2D eigenvalue weighted by atomic mass is 10.1. The first-order valence-corrected chi connectivity index (χ1v) is 7.20. The molecule has 7 heteroatoms. The molecule has 0 unspecified atom stereocenters. The van der Waals surface area contributed by atoms with E-state index in [0.717, 1.165) is 5.56 Å². The van der Waals surface area contributed by atoms with E-state index in [0.29, 0.717) is 21.4 Å². The van der Waals surface area contributed by atoms with Crippen LogP contribution in [0.1, 0.15) is 10.4 Å². The largest absolute Gasteiger partial charge is 0.292 e. The van der Waals surface area contributed by atoms with Crippen molar-refractivity contribution in [2.24, 2.45) is 0 Å². The van der Waals surface area contributed by atoms with E-state index in [1.165, 1.54) is 4.80 Å². The number of carbonyl (C=O) groups is 1. The van der Waals surface area contributed by atoms with Crippen LogP contribution in [-0.4, -0.2) is 26.0 Å². The molecule has 0 aliphatic carbocycles. The van der Waals surface area contributed by atoms with Crippen LogP contribution in [0.15, 0.2) is 48.5 Å². The van der Waals surface area contributed by atoms with Gasteiger partial charge in [-0.15, -0.1) is 10.2 Å². The van der Waals surface area contributed by atoms with Gasteiger partial charge in [0.2, 0.25) is 5.82 Å². The van der Waals surface area contributed by atoms with Gasteiger partial charge in [0, 0.05) is 21.2 Å². The molecule has 1 heterocycles. The van der Waals surface area contributed by atoms with Crippen LogP contribution in [0.5, 0.6) is 0 Å². The van der Waals surface area contributed by atoms with Crippen LogP contribution in [0.25, 0.3) is 11.4 Å². The Morgan fingerprint density at radius 3 is 2.18 bits per heavy atom. The maximum Gasteiger partial charge on any atom is 0.204 e. The molecule has 2 aromatic carbocycles. The molecule has 0 spiro atoms. The lowest BCUT2D eigenvalue weighted by Crippen LogP contribution is -2.13. The van der Waals surface area contributed by atoms with Gasteiger partial charge < -0.3 is 0 Å². The lowest BCUT2D eigenvalue weighted by molar-refractivity contribution is 0.0961. The Morgan fingerprint density at radius 1 is 0.955 bits per heavy atom. The van der Waals surface area contributed by atoms with Gasteiger partial charge in [-0.1, -0.05) is 23.2 Å². The smallest absolute Gasteiger partial charge is 0.204 e. The number of rotatable bonds is 4. The molecule has 3 rings (SSSR count). The van der Waals surface area contributed by atoms with Crippen molar-refractivity contribution in [3.63, 3.8) is 0 Å². The van der Waals surface area contributed by atoms with E-state index in [1.54, 1.807) is 48.5 Å². The van der Waals surface area contributed by atoms with Gasteiger partial charge in [-0.3, -0.25) is 4.79 Å². The first-order chi connectivity index (χ1) is 10.6. The molecule has 0 aliphatic rings. The lowest BCUT2D eigenvalue weighted by Gasteiger charge is -1.99. The summed E-state index contributed by atoms with van der Waals surface area (Å²) in [5, 5.41) is 13.3. The zero-order valence-corrected chi connectivity index (χ0v) is 12.8. The van der Waals surface area contributed by atoms with E-state index in [-0.39, 0.29) is 12.3 Å². The quantitative estimate of drug-likeness (QED) is 0.685. The van der Waals surface area contributed by atoms with E-state index in [9.17, 15) is 4.79 Å². The zero-order valence-electron chi connectivity index (χ0n) is 11.3. The van der Waals surface area contributed by atoms with Gasteiger partial charge in [-0.25, -0.2) is 0 Å². The molecule has 0 atom stereocenters. The number of tetrazole rings is 1. The average Bonchev–Trinajstić information content (AvgIpc) is 2.97. The van der Waals surface area contributed by atoms with Gasteiger partial charge in [0.15, 0.2) is 5.78 Å². The third-order valence-electron chi connectivity index (χ3n) is 3.01. The summed E-state index contributed by atoms with van der Waals surface area (Å²) in [5.74, 6) is 0.331. The summed E-state index contributed by atoms with van der Waals surface area (Å²) in [6.07, 6.45) is 0. The number of aromatic nitrogens is 4. The molecule has 5 nitrogen and oxygen atoms in total. The normalized spacial score (nSPS) is 10.6. The first-order valence-electron chi connectivity index (χ1n) is 6.44. The van der Waals surface area contributed by atoms with Gasteiger partial charge in [-0.05, 0) is 53.7 Å². The van der Waals surface area contributed by atoms with Crippen molar-refractivity contribution in [2.75, 3.05) is 0 Å². The van der Waals surface area contributed by atoms with Crippen molar-refractivity contribution in [1.82, 2.24) is 20.2 Å². The Kier molecular flexibility index (Phi) is 4.18. The SMILES string of the molecule is O=C(Cn1nnc(-c2ccc(Cl)cc2)n1)c1ccc(Cl)cc1. The van der Waals surface area contributed by atoms with Crippen molar-refractivity contribution in [3.05, 3.63) is 64.1 Å². The van der Waals surface area contributed by atoms with Crippen molar-refractivity contribution in [1.29, 1.82) is 0 Å². The molecular formula is C15H10Cl2N4O. The molecule has 0 fully saturated rings. The minimum atomic E-state index is -0.114. The predicted octanol–water partition coefficient (Wildman–Crippen LogP) is 3.53. The fraction of sp³-hybridized carbons (Fsp3) is 0.0667. The van der Waals surface area contributed by atoms with Crippen LogP contribution >= 0.6 is 23.2 Å². The van der Waals surface area contributed by atoms with E-state index in [1.807, 2.05) is 0 Å². The molecule has 3 aromatic rings. The summed E-state index contributed by atoms with van der Waals surface area (Å²) in [6.45, 7) is 0.0161. The topological polar surface area (TPSA) is 60.7 Å². The standard InChI is InChI=1S/C15H10Cl2N4O/c16-12-5-1-10(2-6-12)14(22)9-21-19-15(18-20-21)11-3-7-13(17)8-4-11/h1-8H,9H2. The fourth-order valence-corrected chi connectivity index (χ4v) is 2.13. The number of ketones is 1. The second kappa shape index (κ2) is 6.25. The number of carbonyl (C=O) groups excluding carboxylic acids is 1. The summed E-state index contributed by atoms with van der Waals surface area (Å²) in [5.41, 5.74) is 1.34. The minimum absolute atomic E-state index is 0.0161. The number of hydrogen-bond donors (Lipinski definition) is 0. The van der Waals surface area contributed by atoms with Gasteiger partial charge >= 0.3 is 0 Å². The van der Waals surface area contributed by atoms with Crippen molar-refractivity contribution in [2.45, 2.75) is 6.54 Å². The van der Waals surface area contributed by atoms with Crippen LogP contribution in [0.3, 0.4) is 0 Å². The Hall–Kier alpha value is -2.24. The number of nitrogens with zero attached hydrogens (tertiary/aromatic N) is 4. The van der Waals surface area contributed by atoms with Gasteiger partial charge in [-0.2, -0.15) is 4.80 Å². The molecular weight excluding hydrogens is 323 g/mol. The highest BCUT2D eigenvalue weighted by Crippen LogP contribution is 2.17. The third-order valence-corrected chi connectivity index (χ3v) is 3.51. The van der Waals surface area contributed by atoms with Crippen molar-refractivity contribution in [3.8, 4) is 11.4 Å². The van der Waals surface area contributed by atoms with Gasteiger partial charge in [0.1, 0.15) is 6.54 Å². The molecule has 0 N–H and O–H groups in total. The number of benzene rings is 2. The van der Waals surface area contributed by atoms with Gasteiger partial charge in [0.25, 0.3) is 0 Å². The van der Waals surface area contributed by atoms with Crippen molar-refractivity contribution >= 4 is 29.0 Å². The Balaban J connectivity index is 1.75. The average molecular weight is 333 g/mol. The summed E-state index contributed by atoms with van der Waals surface area (Å²) < 4.78 is 0. The molecule has 1 aromatic heterocycles. The summed E-state index contributed by atoms with van der Waals surface area (Å²) in [7, 11) is 0. The van der Waals surface area contributed by atoms with Crippen LogP contribution in [-0.2, 0) is 6.54 Å². The van der Waals surface area contributed by atoms with Crippen molar-refractivity contribution < 1.29 is 4.79 Å².